The average Bonchev–Trinajstić information content (AvgIpc) is 2.64. The highest BCUT2D eigenvalue weighted by Crippen LogP contribution is 2.19. The van der Waals surface area contributed by atoms with E-state index in [-0.39, 0.29) is 17.4 Å². The number of nitrogens with one attached hydrogen (secondary N) is 1. The van der Waals surface area contributed by atoms with E-state index in [0.717, 1.165) is 0 Å². The molecule has 0 aliphatic rings. The summed E-state index contributed by atoms with van der Waals surface area (Å²) in [5.41, 5.74) is 0.518. The number of pyridine rings is 1. The predicted octanol–water partition coefficient (Wildman–Crippen LogP) is 4.61. The number of carbonyl (C=O) groups is 1. The van der Waals surface area contributed by atoms with E-state index in [1.165, 1.54) is 0 Å². The Morgan fingerprint density at radius 1 is 1.22 bits per heavy atom. The van der Waals surface area contributed by atoms with Crippen molar-refractivity contribution in [3.8, 4) is 11.6 Å². The number of allylic oxidation sites excluding steroid dienone is 1. The highest BCUT2D eigenvalue weighted by Gasteiger charge is 2.14. The van der Waals surface area contributed by atoms with Crippen molar-refractivity contribution < 1.29 is 14.3 Å². The predicted molar refractivity (Wildman–Crippen MR) is 107 cm³/mol. The first kappa shape index (κ1) is 20.6. The van der Waals surface area contributed by atoms with Crippen molar-refractivity contribution in [3.05, 3.63) is 66.4 Å². The molecular formula is C22H28N2O3. The molecule has 1 unspecified atom stereocenters. The molecule has 0 spiro atoms. The highest BCUT2D eigenvalue weighted by molar-refractivity contribution is 5.94. The van der Waals surface area contributed by atoms with Crippen LogP contribution in [0.25, 0.3) is 0 Å². The number of amides is 1. The molecule has 1 aromatic heterocycles. The number of hydrogen-bond donors (Lipinski definition) is 1. The van der Waals surface area contributed by atoms with Crippen LogP contribution < -0.4 is 10.1 Å². The lowest BCUT2D eigenvalue weighted by atomic mass is 9.95. The van der Waals surface area contributed by atoms with Crippen LogP contribution in [0.5, 0.6) is 11.6 Å². The van der Waals surface area contributed by atoms with Gasteiger partial charge in [-0.05, 0) is 30.5 Å². The molecule has 0 aliphatic carbocycles. The molecule has 0 saturated heterocycles. The van der Waals surface area contributed by atoms with Gasteiger partial charge in [-0.3, -0.25) is 4.79 Å². The Morgan fingerprint density at radius 2 is 1.96 bits per heavy atom. The zero-order chi connectivity index (χ0) is 19.7. The molecule has 1 heterocycles. The molecule has 0 bridgehead atoms. The lowest BCUT2D eigenvalue weighted by Crippen LogP contribution is -2.37. The van der Waals surface area contributed by atoms with Crippen LogP contribution in [0.3, 0.4) is 0 Å². The lowest BCUT2D eigenvalue weighted by Gasteiger charge is -2.18. The number of ether oxygens (including phenoxy) is 2. The van der Waals surface area contributed by atoms with Gasteiger partial charge in [-0.2, -0.15) is 0 Å². The summed E-state index contributed by atoms with van der Waals surface area (Å²) >= 11 is 0. The van der Waals surface area contributed by atoms with Gasteiger partial charge < -0.3 is 14.8 Å². The van der Waals surface area contributed by atoms with E-state index in [1.54, 1.807) is 18.3 Å². The minimum atomic E-state index is -0.205. The largest absolute Gasteiger partial charge is 0.439 e. The first-order chi connectivity index (χ1) is 12.9. The molecule has 1 atom stereocenters. The molecule has 0 aliphatic heterocycles. The fraction of sp³-hybridized carbons (Fsp3) is 0.364. The third-order valence-corrected chi connectivity index (χ3v) is 3.61. The molecule has 1 aromatic carbocycles. The quantitative estimate of drug-likeness (QED) is 0.691. The molecule has 5 heteroatoms. The zero-order valence-corrected chi connectivity index (χ0v) is 16.4. The van der Waals surface area contributed by atoms with Crippen molar-refractivity contribution in [2.45, 2.75) is 33.7 Å². The Bertz CT molecular complexity index is 752. The third-order valence-electron chi connectivity index (χ3n) is 3.61. The van der Waals surface area contributed by atoms with E-state index < -0.39 is 0 Å². The van der Waals surface area contributed by atoms with E-state index in [4.69, 9.17) is 9.47 Å². The number of hydrogen-bond acceptors (Lipinski definition) is 4. The monoisotopic (exact) mass is 368 g/mol. The fourth-order valence-electron chi connectivity index (χ4n) is 2.26. The molecule has 5 nitrogen and oxygen atoms in total. The van der Waals surface area contributed by atoms with E-state index >= 15 is 0 Å². The second-order valence-corrected chi connectivity index (χ2v) is 7.26. The van der Waals surface area contributed by atoms with Crippen LogP contribution >= 0.6 is 0 Å². The molecule has 0 fully saturated rings. The lowest BCUT2D eigenvalue weighted by molar-refractivity contribution is 0.0888. The Labute approximate surface area is 161 Å². The topological polar surface area (TPSA) is 60.5 Å². The van der Waals surface area contributed by atoms with E-state index in [9.17, 15) is 4.79 Å². The summed E-state index contributed by atoms with van der Waals surface area (Å²) in [4.78, 5) is 16.8. The van der Waals surface area contributed by atoms with Crippen LogP contribution in [0.2, 0.25) is 0 Å². The van der Waals surface area contributed by atoms with E-state index in [0.29, 0.717) is 30.4 Å². The maximum atomic E-state index is 12.7. The van der Waals surface area contributed by atoms with Crippen molar-refractivity contribution in [1.82, 2.24) is 10.3 Å². The van der Waals surface area contributed by atoms with E-state index in [2.05, 4.69) is 37.1 Å². The van der Waals surface area contributed by atoms with Crippen LogP contribution in [0.1, 0.15) is 38.1 Å². The summed E-state index contributed by atoms with van der Waals surface area (Å²) < 4.78 is 11.2. The minimum Gasteiger partial charge on any atom is -0.439 e. The van der Waals surface area contributed by atoms with E-state index in [1.807, 2.05) is 43.3 Å². The molecular weight excluding hydrogens is 340 g/mol. The zero-order valence-electron chi connectivity index (χ0n) is 16.4. The van der Waals surface area contributed by atoms with Crippen LogP contribution in [-0.4, -0.2) is 30.1 Å². The fourth-order valence-corrected chi connectivity index (χ4v) is 2.26. The maximum Gasteiger partial charge on any atom is 0.252 e. The van der Waals surface area contributed by atoms with Gasteiger partial charge in [0, 0.05) is 24.4 Å². The average molecular weight is 368 g/mol. The Morgan fingerprint density at radius 3 is 2.63 bits per heavy atom. The number of benzene rings is 1. The number of para-hydroxylation sites is 1. The summed E-state index contributed by atoms with van der Waals surface area (Å²) in [5.74, 6) is 0.851. The van der Waals surface area contributed by atoms with Crippen molar-refractivity contribution in [2.75, 3.05) is 13.2 Å². The minimum absolute atomic E-state index is 0.0303. The van der Waals surface area contributed by atoms with Crippen molar-refractivity contribution in [2.24, 2.45) is 5.41 Å². The van der Waals surface area contributed by atoms with Crippen LogP contribution in [0.4, 0.5) is 0 Å². The molecule has 1 N–H and O–H groups in total. The number of carbonyl (C=O) groups excluding carboxylic acids is 1. The molecule has 0 saturated carbocycles. The van der Waals surface area contributed by atoms with Crippen molar-refractivity contribution in [3.63, 3.8) is 0 Å². The van der Waals surface area contributed by atoms with Gasteiger partial charge in [-0.25, -0.2) is 4.98 Å². The van der Waals surface area contributed by atoms with Crippen molar-refractivity contribution in [1.29, 1.82) is 0 Å². The summed E-state index contributed by atoms with van der Waals surface area (Å²) in [6.07, 6.45) is 5.62. The normalized spacial score (nSPS) is 12.7. The maximum absolute atomic E-state index is 12.7. The Balaban J connectivity index is 2.08. The second kappa shape index (κ2) is 9.88. The SMILES string of the molecule is CCOCC(/C=C/C(C)(C)C)NC(=O)c1ccnc(Oc2ccccc2)c1. The standard InChI is InChI=1S/C22H28N2O3/c1-5-26-16-18(11-13-22(2,3)4)24-21(25)17-12-14-23-20(15-17)27-19-9-7-6-8-10-19/h6-15,18H,5,16H2,1-4H3,(H,24,25)/b13-11+. The molecule has 0 radical (unpaired) electrons. The van der Waals surface area contributed by atoms with Gasteiger partial charge in [0.05, 0.1) is 12.6 Å². The van der Waals surface area contributed by atoms with Crippen LogP contribution in [0.15, 0.2) is 60.8 Å². The summed E-state index contributed by atoms with van der Waals surface area (Å²) in [7, 11) is 0. The first-order valence-corrected chi connectivity index (χ1v) is 9.14. The smallest absolute Gasteiger partial charge is 0.252 e. The summed E-state index contributed by atoms with van der Waals surface area (Å²) in [6.45, 7) is 9.28. The van der Waals surface area contributed by atoms with Gasteiger partial charge in [0.2, 0.25) is 5.88 Å². The summed E-state index contributed by atoms with van der Waals surface area (Å²) in [6, 6.07) is 12.4. The van der Waals surface area contributed by atoms with Crippen LogP contribution in [0, 0.1) is 5.41 Å². The summed E-state index contributed by atoms with van der Waals surface area (Å²) in [5, 5.41) is 3.00. The first-order valence-electron chi connectivity index (χ1n) is 9.14. The highest BCUT2D eigenvalue weighted by atomic mass is 16.5. The van der Waals surface area contributed by atoms with Gasteiger partial charge in [0.1, 0.15) is 5.75 Å². The van der Waals surface area contributed by atoms with Gasteiger partial charge >= 0.3 is 0 Å². The van der Waals surface area contributed by atoms with Crippen LogP contribution in [-0.2, 0) is 4.74 Å². The van der Waals surface area contributed by atoms with Crippen molar-refractivity contribution >= 4 is 5.91 Å². The molecule has 1 amide bonds. The number of nitrogens with zero attached hydrogens (tertiary/aromatic N) is 1. The molecule has 27 heavy (non-hydrogen) atoms. The van der Waals surface area contributed by atoms with Gasteiger partial charge in [0.15, 0.2) is 0 Å². The number of rotatable bonds is 8. The van der Waals surface area contributed by atoms with Gasteiger partial charge in [-0.1, -0.05) is 51.1 Å². The Kier molecular flexibility index (Phi) is 7.55. The third kappa shape index (κ3) is 7.62. The number of aromatic nitrogens is 1. The second-order valence-electron chi connectivity index (χ2n) is 7.26. The molecule has 2 aromatic rings. The Hall–Kier alpha value is -2.66. The van der Waals surface area contributed by atoms with Gasteiger partial charge in [-0.15, -0.1) is 0 Å². The van der Waals surface area contributed by atoms with Gasteiger partial charge in [0.25, 0.3) is 5.91 Å². The molecule has 144 valence electrons. The molecule has 2 rings (SSSR count).